The topological polar surface area (TPSA) is 72.9 Å². The van der Waals surface area contributed by atoms with Gasteiger partial charge in [0.2, 0.25) is 5.95 Å². The van der Waals surface area contributed by atoms with Gasteiger partial charge in [-0.2, -0.15) is 30.7 Å². The number of rotatable bonds is 6. The Morgan fingerprint density at radius 1 is 0.889 bits per heavy atom. The number of pyridine rings is 2. The van der Waals surface area contributed by atoms with Crippen LogP contribution in [0.4, 0.5) is 30.7 Å². The standard InChI is InChI=1S/C23H15F7N4O2/c1-35-16-8-14(36-11-12-2-6-17(31-9-12)22(25,26)27)4-5-15(16)19-20(23(28,29)30)34-21(33-19)13-3-7-18(24)32-10-13/h2-10H,11H2,1H3,(H,33,34). The molecule has 0 fully saturated rings. The first-order valence-corrected chi connectivity index (χ1v) is 10.1. The fourth-order valence-corrected chi connectivity index (χ4v) is 3.23. The van der Waals surface area contributed by atoms with Crippen molar-refractivity contribution in [3.05, 3.63) is 77.8 Å². The fraction of sp³-hybridized carbons (Fsp3) is 0.174. The van der Waals surface area contributed by atoms with Gasteiger partial charge in [-0.25, -0.2) is 9.97 Å². The van der Waals surface area contributed by atoms with E-state index in [-0.39, 0.29) is 35.1 Å². The minimum absolute atomic E-state index is 0.00109. The summed E-state index contributed by atoms with van der Waals surface area (Å²) in [7, 11) is 1.24. The summed E-state index contributed by atoms with van der Waals surface area (Å²) in [5, 5.41) is 0. The lowest BCUT2D eigenvalue weighted by molar-refractivity contribution is -0.141. The number of halogens is 7. The highest BCUT2D eigenvalue weighted by molar-refractivity contribution is 5.73. The van der Waals surface area contributed by atoms with Crippen molar-refractivity contribution in [1.82, 2.24) is 19.9 Å². The van der Waals surface area contributed by atoms with Crippen LogP contribution < -0.4 is 9.47 Å². The number of imidazole rings is 1. The highest BCUT2D eigenvalue weighted by Crippen LogP contribution is 2.41. The molecule has 0 spiro atoms. The Morgan fingerprint density at radius 3 is 2.25 bits per heavy atom. The molecule has 0 saturated carbocycles. The number of ether oxygens (including phenoxy) is 2. The summed E-state index contributed by atoms with van der Waals surface area (Å²) < 4.78 is 103. The molecule has 0 aliphatic heterocycles. The second-order valence-electron chi connectivity index (χ2n) is 7.38. The third kappa shape index (κ3) is 5.39. The van der Waals surface area contributed by atoms with Crippen molar-refractivity contribution < 1.29 is 40.2 Å². The third-order valence-corrected chi connectivity index (χ3v) is 4.94. The lowest BCUT2D eigenvalue weighted by Crippen LogP contribution is -2.08. The van der Waals surface area contributed by atoms with E-state index in [1.165, 1.54) is 37.4 Å². The van der Waals surface area contributed by atoms with E-state index in [1.807, 2.05) is 0 Å². The van der Waals surface area contributed by atoms with E-state index in [4.69, 9.17) is 9.47 Å². The smallest absolute Gasteiger partial charge is 0.433 e. The number of aromatic amines is 1. The van der Waals surface area contributed by atoms with E-state index in [1.54, 1.807) is 0 Å². The molecule has 188 valence electrons. The fourth-order valence-electron chi connectivity index (χ4n) is 3.23. The van der Waals surface area contributed by atoms with E-state index < -0.39 is 35.4 Å². The Kier molecular flexibility index (Phi) is 6.57. The maximum absolute atomic E-state index is 13.8. The van der Waals surface area contributed by atoms with Crippen LogP contribution in [-0.4, -0.2) is 27.0 Å². The second kappa shape index (κ2) is 9.47. The number of nitrogens with zero attached hydrogens (tertiary/aromatic N) is 3. The Bertz CT molecular complexity index is 1350. The Morgan fingerprint density at radius 2 is 1.67 bits per heavy atom. The maximum atomic E-state index is 13.8. The lowest BCUT2D eigenvalue weighted by atomic mass is 10.1. The van der Waals surface area contributed by atoms with E-state index in [0.29, 0.717) is 5.56 Å². The van der Waals surface area contributed by atoms with Gasteiger partial charge in [0.15, 0.2) is 0 Å². The molecule has 4 rings (SSSR count). The third-order valence-electron chi connectivity index (χ3n) is 4.94. The normalized spacial score (nSPS) is 12.0. The molecular weight excluding hydrogens is 497 g/mol. The van der Waals surface area contributed by atoms with Gasteiger partial charge in [0.05, 0.1) is 7.11 Å². The van der Waals surface area contributed by atoms with E-state index in [0.717, 1.165) is 24.5 Å². The monoisotopic (exact) mass is 512 g/mol. The summed E-state index contributed by atoms with van der Waals surface area (Å²) in [6.07, 6.45) is -7.32. The highest BCUT2D eigenvalue weighted by Gasteiger charge is 2.38. The first kappa shape index (κ1) is 24.9. The number of methoxy groups -OCH3 is 1. The Hall–Kier alpha value is -4.16. The van der Waals surface area contributed by atoms with Crippen molar-refractivity contribution in [1.29, 1.82) is 0 Å². The number of aromatic nitrogens is 4. The van der Waals surface area contributed by atoms with Crippen molar-refractivity contribution in [2.75, 3.05) is 7.11 Å². The summed E-state index contributed by atoms with van der Waals surface area (Å²) in [4.78, 5) is 13.0. The van der Waals surface area contributed by atoms with Crippen LogP contribution in [0.3, 0.4) is 0 Å². The quantitative estimate of drug-likeness (QED) is 0.243. The van der Waals surface area contributed by atoms with Gasteiger partial charge in [-0.15, -0.1) is 0 Å². The minimum atomic E-state index is -4.80. The number of nitrogens with one attached hydrogen (secondary N) is 1. The van der Waals surface area contributed by atoms with Crippen LogP contribution in [0.1, 0.15) is 17.0 Å². The zero-order chi connectivity index (χ0) is 26.1. The van der Waals surface area contributed by atoms with Crippen molar-refractivity contribution in [3.8, 4) is 34.1 Å². The minimum Gasteiger partial charge on any atom is -0.496 e. The van der Waals surface area contributed by atoms with Crippen molar-refractivity contribution >= 4 is 0 Å². The van der Waals surface area contributed by atoms with Crippen LogP contribution in [0.5, 0.6) is 11.5 Å². The first-order valence-electron chi connectivity index (χ1n) is 10.1. The van der Waals surface area contributed by atoms with Gasteiger partial charge >= 0.3 is 12.4 Å². The predicted octanol–water partition coefficient (Wildman–Crippen LogP) is 6.30. The van der Waals surface area contributed by atoms with Crippen LogP contribution in [0.25, 0.3) is 22.6 Å². The van der Waals surface area contributed by atoms with Gasteiger partial charge in [0.1, 0.15) is 41.0 Å². The number of hydrogen-bond donors (Lipinski definition) is 1. The number of hydrogen-bond acceptors (Lipinski definition) is 5. The second-order valence-corrected chi connectivity index (χ2v) is 7.38. The van der Waals surface area contributed by atoms with Crippen LogP contribution in [0.2, 0.25) is 0 Å². The summed E-state index contributed by atoms with van der Waals surface area (Å²) in [5.41, 5.74) is -2.19. The number of H-pyrrole nitrogens is 1. The van der Waals surface area contributed by atoms with Crippen molar-refractivity contribution in [2.45, 2.75) is 19.0 Å². The van der Waals surface area contributed by atoms with Crippen molar-refractivity contribution in [3.63, 3.8) is 0 Å². The van der Waals surface area contributed by atoms with E-state index in [2.05, 4.69) is 19.9 Å². The molecule has 0 amide bonds. The molecule has 0 aliphatic carbocycles. The molecule has 0 saturated heterocycles. The molecule has 0 radical (unpaired) electrons. The molecule has 0 atom stereocenters. The zero-order valence-corrected chi connectivity index (χ0v) is 18.2. The molecular formula is C23H15F7N4O2. The van der Waals surface area contributed by atoms with Crippen molar-refractivity contribution in [2.24, 2.45) is 0 Å². The summed E-state index contributed by atoms with van der Waals surface area (Å²) in [6.45, 7) is -0.147. The predicted molar refractivity (Wildman–Crippen MR) is 112 cm³/mol. The van der Waals surface area contributed by atoms with Gasteiger partial charge in [0.25, 0.3) is 0 Å². The lowest BCUT2D eigenvalue weighted by Gasteiger charge is -2.13. The molecule has 6 nitrogen and oxygen atoms in total. The van der Waals surface area contributed by atoms with Gasteiger partial charge in [-0.3, -0.25) is 4.98 Å². The molecule has 3 aromatic heterocycles. The summed E-state index contributed by atoms with van der Waals surface area (Å²) in [5.74, 6) is -0.797. The molecule has 3 heterocycles. The average Bonchev–Trinajstić information content (AvgIpc) is 3.29. The SMILES string of the molecule is COc1cc(OCc2ccc(C(F)(F)F)nc2)ccc1-c1nc(-c2ccc(F)nc2)[nH]c1C(F)(F)F. The molecule has 4 aromatic rings. The largest absolute Gasteiger partial charge is 0.496 e. The molecule has 36 heavy (non-hydrogen) atoms. The molecule has 1 N–H and O–H groups in total. The first-order chi connectivity index (χ1) is 17.0. The maximum Gasteiger partial charge on any atom is 0.433 e. The zero-order valence-electron chi connectivity index (χ0n) is 18.2. The van der Waals surface area contributed by atoms with Gasteiger partial charge in [-0.1, -0.05) is 6.07 Å². The Balaban J connectivity index is 1.62. The van der Waals surface area contributed by atoms with Gasteiger partial charge < -0.3 is 14.5 Å². The Labute approximate surface area is 198 Å². The average molecular weight is 512 g/mol. The number of alkyl halides is 6. The highest BCUT2D eigenvalue weighted by atomic mass is 19.4. The van der Waals surface area contributed by atoms with Crippen LogP contribution in [0, 0.1) is 5.95 Å². The number of benzene rings is 1. The summed E-state index contributed by atoms with van der Waals surface area (Å²) in [6, 6.07) is 8.22. The van der Waals surface area contributed by atoms with Crippen LogP contribution in [-0.2, 0) is 19.0 Å². The molecule has 0 unspecified atom stereocenters. The van der Waals surface area contributed by atoms with E-state index in [9.17, 15) is 30.7 Å². The van der Waals surface area contributed by atoms with Crippen LogP contribution >= 0.6 is 0 Å². The molecule has 0 aliphatic rings. The molecule has 1 aromatic carbocycles. The van der Waals surface area contributed by atoms with E-state index >= 15 is 0 Å². The van der Waals surface area contributed by atoms with Gasteiger partial charge in [-0.05, 0) is 30.3 Å². The summed E-state index contributed by atoms with van der Waals surface area (Å²) >= 11 is 0. The molecule has 13 heteroatoms. The van der Waals surface area contributed by atoms with Crippen LogP contribution in [0.15, 0.2) is 54.9 Å². The van der Waals surface area contributed by atoms with Gasteiger partial charge in [0, 0.05) is 35.2 Å². The molecule has 0 bridgehead atoms.